The van der Waals surface area contributed by atoms with Crippen LogP contribution in [-0.4, -0.2) is 47.2 Å². The smallest absolute Gasteiger partial charge is 0.264 e. The molecule has 1 aliphatic carbocycles. The number of nitrogens with zero attached hydrogens (tertiary/aromatic N) is 3. The topological polar surface area (TPSA) is 50.3 Å². The largest absolute Gasteiger partial charge is 0.378 e. The first-order chi connectivity index (χ1) is 14.2. The molecule has 0 atom stereocenters. The normalized spacial score (nSPS) is 21.3. The average molecular weight is 400 g/mol. The zero-order chi connectivity index (χ0) is 19.8. The van der Waals surface area contributed by atoms with E-state index < -0.39 is 6.43 Å². The lowest BCUT2D eigenvalue weighted by Gasteiger charge is -2.41. The lowest BCUT2D eigenvalue weighted by Crippen LogP contribution is -2.51. The minimum absolute atomic E-state index is 0.0339. The summed E-state index contributed by atoms with van der Waals surface area (Å²) in [5, 5.41) is 3.16. The molecule has 4 heterocycles. The van der Waals surface area contributed by atoms with E-state index in [4.69, 9.17) is 9.72 Å². The highest BCUT2D eigenvalue weighted by molar-refractivity contribution is 5.54. The Balaban J connectivity index is 1.34. The van der Waals surface area contributed by atoms with Gasteiger partial charge in [0.2, 0.25) is 0 Å². The second-order valence-electron chi connectivity index (χ2n) is 8.39. The Kier molecular flexibility index (Phi) is 5.18. The highest BCUT2D eigenvalue weighted by Gasteiger charge is 2.31. The maximum absolute atomic E-state index is 13.0. The number of anilines is 2. The van der Waals surface area contributed by atoms with Crippen molar-refractivity contribution in [2.24, 2.45) is 0 Å². The Labute approximate surface area is 169 Å². The van der Waals surface area contributed by atoms with Crippen molar-refractivity contribution >= 4 is 11.6 Å². The van der Waals surface area contributed by atoms with Gasteiger partial charge in [0.1, 0.15) is 11.6 Å². The maximum atomic E-state index is 13.0. The van der Waals surface area contributed by atoms with Crippen LogP contribution in [0.1, 0.15) is 60.8 Å². The van der Waals surface area contributed by atoms with Gasteiger partial charge in [0.05, 0.1) is 19.3 Å². The molecule has 1 N–H and O–H groups in total. The van der Waals surface area contributed by atoms with Crippen molar-refractivity contribution in [2.75, 3.05) is 31.6 Å². The molecule has 1 saturated carbocycles. The molecule has 2 aromatic rings. The fourth-order valence-corrected chi connectivity index (χ4v) is 4.28. The minimum atomic E-state index is -2.51. The van der Waals surface area contributed by atoms with Crippen LogP contribution in [0.5, 0.6) is 0 Å². The standard InChI is InChI=1S/C22H26F2N4O/c23-22(24)16-3-6-25-20(10-16)27-21-11-17(9-19(26-21)15-1-2-15)14-4-7-28(8-5-14)18-12-29-13-18/h3,6,9-11,14-15,18,22H,1-2,4-5,7-8,12-13H2,(H,25,26,27). The number of piperidine rings is 1. The predicted octanol–water partition coefficient (Wildman–Crippen LogP) is 4.61. The van der Waals surface area contributed by atoms with Crippen molar-refractivity contribution in [3.63, 3.8) is 0 Å². The van der Waals surface area contributed by atoms with Crippen LogP contribution in [0.4, 0.5) is 20.4 Å². The first kappa shape index (κ1) is 18.9. The Morgan fingerprint density at radius 1 is 1.00 bits per heavy atom. The molecule has 3 aliphatic rings. The van der Waals surface area contributed by atoms with E-state index in [2.05, 4.69) is 27.3 Å². The molecule has 0 unspecified atom stereocenters. The Morgan fingerprint density at radius 3 is 2.45 bits per heavy atom. The predicted molar refractivity (Wildman–Crippen MR) is 107 cm³/mol. The molecule has 0 amide bonds. The summed E-state index contributed by atoms with van der Waals surface area (Å²) in [6.45, 7) is 3.93. The number of likely N-dealkylation sites (tertiary alicyclic amines) is 1. The maximum Gasteiger partial charge on any atom is 0.264 e. The lowest BCUT2D eigenvalue weighted by molar-refractivity contribution is -0.0712. The van der Waals surface area contributed by atoms with Crippen molar-refractivity contribution in [1.82, 2.24) is 14.9 Å². The Morgan fingerprint density at radius 2 is 1.79 bits per heavy atom. The van der Waals surface area contributed by atoms with E-state index in [9.17, 15) is 8.78 Å². The number of pyridine rings is 2. The molecule has 3 fully saturated rings. The van der Waals surface area contributed by atoms with Crippen molar-refractivity contribution < 1.29 is 13.5 Å². The van der Waals surface area contributed by atoms with Gasteiger partial charge in [-0.15, -0.1) is 0 Å². The number of alkyl halides is 2. The van der Waals surface area contributed by atoms with E-state index in [0.29, 0.717) is 29.5 Å². The molecule has 2 aromatic heterocycles. The van der Waals surface area contributed by atoms with E-state index in [1.54, 1.807) is 0 Å². The van der Waals surface area contributed by atoms with Crippen LogP contribution >= 0.6 is 0 Å². The van der Waals surface area contributed by atoms with Crippen LogP contribution < -0.4 is 5.32 Å². The van der Waals surface area contributed by atoms with E-state index in [1.165, 1.54) is 36.7 Å². The number of halogens is 2. The van der Waals surface area contributed by atoms with Gasteiger partial charge in [0.25, 0.3) is 6.43 Å². The van der Waals surface area contributed by atoms with E-state index in [-0.39, 0.29) is 5.56 Å². The van der Waals surface area contributed by atoms with Gasteiger partial charge in [-0.2, -0.15) is 0 Å². The minimum Gasteiger partial charge on any atom is -0.378 e. The summed E-state index contributed by atoms with van der Waals surface area (Å²) in [6, 6.07) is 7.68. The number of ether oxygens (including phenoxy) is 1. The van der Waals surface area contributed by atoms with Crippen LogP contribution in [0, 0.1) is 0 Å². The van der Waals surface area contributed by atoms with E-state index >= 15 is 0 Å². The zero-order valence-electron chi connectivity index (χ0n) is 16.4. The third-order valence-corrected chi connectivity index (χ3v) is 6.29. The highest BCUT2D eigenvalue weighted by atomic mass is 19.3. The van der Waals surface area contributed by atoms with Crippen LogP contribution in [-0.2, 0) is 4.74 Å². The molecular weight excluding hydrogens is 374 g/mol. The van der Waals surface area contributed by atoms with Crippen molar-refractivity contribution in [2.45, 2.75) is 50.0 Å². The SMILES string of the molecule is FC(F)c1ccnc(Nc2cc(C3CCN(C4COC4)CC3)cc(C3CC3)n2)c1. The van der Waals surface area contributed by atoms with Gasteiger partial charge in [-0.05, 0) is 74.5 Å². The van der Waals surface area contributed by atoms with Gasteiger partial charge in [0.15, 0.2) is 0 Å². The fourth-order valence-electron chi connectivity index (χ4n) is 4.28. The highest BCUT2D eigenvalue weighted by Crippen LogP contribution is 2.41. The second-order valence-corrected chi connectivity index (χ2v) is 8.39. The summed E-state index contributed by atoms with van der Waals surface area (Å²) in [7, 11) is 0. The molecule has 29 heavy (non-hydrogen) atoms. The van der Waals surface area contributed by atoms with Gasteiger partial charge in [0, 0.05) is 23.4 Å². The molecule has 0 bridgehead atoms. The summed E-state index contributed by atoms with van der Waals surface area (Å²) in [4.78, 5) is 11.5. The third kappa shape index (κ3) is 4.26. The lowest BCUT2D eigenvalue weighted by atomic mass is 9.88. The molecule has 2 aliphatic heterocycles. The van der Waals surface area contributed by atoms with Crippen molar-refractivity contribution in [3.8, 4) is 0 Å². The van der Waals surface area contributed by atoms with Gasteiger partial charge in [-0.1, -0.05) is 0 Å². The first-order valence-electron chi connectivity index (χ1n) is 10.5. The van der Waals surface area contributed by atoms with E-state index in [1.807, 2.05) is 0 Å². The number of aromatic nitrogens is 2. The van der Waals surface area contributed by atoms with Crippen LogP contribution in [0.15, 0.2) is 30.5 Å². The number of nitrogens with one attached hydrogen (secondary N) is 1. The van der Waals surface area contributed by atoms with Gasteiger partial charge < -0.3 is 10.1 Å². The van der Waals surface area contributed by atoms with Gasteiger partial charge >= 0.3 is 0 Å². The van der Waals surface area contributed by atoms with Crippen LogP contribution in [0.25, 0.3) is 0 Å². The molecule has 2 saturated heterocycles. The summed E-state index contributed by atoms with van der Waals surface area (Å²) >= 11 is 0. The summed E-state index contributed by atoms with van der Waals surface area (Å²) in [5.41, 5.74) is 2.39. The third-order valence-electron chi connectivity index (χ3n) is 6.29. The summed E-state index contributed by atoms with van der Waals surface area (Å²) < 4.78 is 31.3. The number of hydrogen-bond donors (Lipinski definition) is 1. The Bertz CT molecular complexity index is 862. The quantitative estimate of drug-likeness (QED) is 0.767. The van der Waals surface area contributed by atoms with E-state index in [0.717, 1.165) is 44.8 Å². The molecule has 7 heteroatoms. The first-order valence-corrected chi connectivity index (χ1v) is 10.5. The molecule has 0 aromatic carbocycles. The number of rotatable bonds is 6. The second kappa shape index (κ2) is 7.95. The fraction of sp³-hybridized carbons (Fsp3) is 0.545. The molecule has 0 spiro atoms. The Hall–Kier alpha value is -2.12. The number of hydrogen-bond acceptors (Lipinski definition) is 5. The van der Waals surface area contributed by atoms with Crippen molar-refractivity contribution in [1.29, 1.82) is 0 Å². The molecule has 5 nitrogen and oxygen atoms in total. The van der Waals surface area contributed by atoms with Crippen LogP contribution in [0.3, 0.4) is 0 Å². The van der Waals surface area contributed by atoms with Crippen LogP contribution in [0.2, 0.25) is 0 Å². The van der Waals surface area contributed by atoms with Gasteiger partial charge in [-0.3, -0.25) is 4.90 Å². The monoisotopic (exact) mass is 400 g/mol. The summed E-state index contributed by atoms with van der Waals surface area (Å²) in [5.74, 6) is 2.16. The van der Waals surface area contributed by atoms with Crippen molar-refractivity contribution in [3.05, 3.63) is 47.3 Å². The van der Waals surface area contributed by atoms with Gasteiger partial charge in [-0.25, -0.2) is 18.7 Å². The average Bonchev–Trinajstić information content (AvgIpc) is 3.52. The zero-order valence-corrected chi connectivity index (χ0v) is 16.4. The molecular formula is C22H26F2N4O. The molecule has 5 rings (SSSR count). The molecule has 154 valence electrons. The summed E-state index contributed by atoms with van der Waals surface area (Å²) in [6.07, 6.45) is 3.51. The molecule has 0 radical (unpaired) electrons.